The summed E-state index contributed by atoms with van der Waals surface area (Å²) in [7, 11) is 2.14. The van der Waals surface area contributed by atoms with Crippen molar-refractivity contribution < 1.29 is 9.90 Å². The number of hydrogen-bond acceptors (Lipinski definition) is 3. The lowest BCUT2D eigenvalue weighted by Crippen LogP contribution is -2.27. The van der Waals surface area contributed by atoms with Gasteiger partial charge in [-0.15, -0.1) is 0 Å². The molecule has 0 heterocycles. The van der Waals surface area contributed by atoms with Crippen molar-refractivity contribution in [3.05, 3.63) is 29.3 Å². The number of unbranched alkanes of at least 4 members (excludes halogenated alkanes) is 1. The fourth-order valence-electron chi connectivity index (χ4n) is 1.99. The van der Waals surface area contributed by atoms with E-state index in [2.05, 4.69) is 31.1 Å². The Labute approximate surface area is 121 Å². The van der Waals surface area contributed by atoms with E-state index in [-0.39, 0.29) is 0 Å². The second-order valence-corrected chi connectivity index (χ2v) is 5.54. The lowest BCUT2D eigenvalue weighted by atomic mass is 10.1. The van der Waals surface area contributed by atoms with Crippen molar-refractivity contribution >= 4 is 11.7 Å². The van der Waals surface area contributed by atoms with Gasteiger partial charge >= 0.3 is 5.97 Å². The van der Waals surface area contributed by atoms with Gasteiger partial charge in [0.05, 0.1) is 5.56 Å². The number of carbonyl (C=O) groups is 1. The lowest BCUT2D eigenvalue weighted by Gasteiger charge is -2.20. The first-order valence-corrected chi connectivity index (χ1v) is 7.20. The van der Waals surface area contributed by atoms with Crippen LogP contribution in [0.4, 0.5) is 5.69 Å². The monoisotopic (exact) mass is 278 g/mol. The molecule has 1 aromatic carbocycles. The molecule has 0 fully saturated rings. The van der Waals surface area contributed by atoms with Crippen LogP contribution in [0.3, 0.4) is 0 Å². The highest BCUT2D eigenvalue weighted by Crippen LogP contribution is 2.15. The first-order chi connectivity index (χ1) is 9.41. The van der Waals surface area contributed by atoms with Crippen LogP contribution in [0.2, 0.25) is 0 Å². The maximum atomic E-state index is 10.9. The average Bonchev–Trinajstić information content (AvgIpc) is 2.37. The molecule has 112 valence electrons. The maximum Gasteiger partial charge on any atom is 0.335 e. The third-order valence-electron chi connectivity index (χ3n) is 3.61. The molecule has 20 heavy (non-hydrogen) atoms. The zero-order valence-corrected chi connectivity index (χ0v) is 12.9. The molecule has 0 aliphatic heterocycles. The molecule has 0 spiro atoms. The van der Waals surface area contributed by atoms with E-state index in [0.29, 0.717) is 11.6 Å². The molecular formula is C16H26N2O2. The molecule has 4 nitrogen and oxygen atoms in total. The number of carboxylic acids is 1. The second-order valence-electron chi connectivity index (χ2n) is 5.54. The number of rotatable bonds is 8. The number of benzene rings is 1. The van der Waals surface area contributed by atoms with Crippen molar-refractivity contribution in [1.29, 1.82) is 0 Å². The molecule has 0 amide bonds. The van der Waals surface area contributed by atoms with Crippen LogP contribution in [0.25, 0.3) is 0 Å². The smallest absolute Gasteiger partial charge is 0.335 e. The summed E-state index contributed by atoms with van der Waals surface area (Å²) in [5.41, 5.74) is 2.15. The van der Waals surface area contributed by atoms with Crippen LogP contribution in [0, 0.1) is 6.92 Å². The van der Waals surface area contributed by atoms with E-state index in [9.17, 15) is 4.79 Å². The quantitative estimate of drug-likeness (QED) is 0.717. The minimum absolute atomic E-state index is 0.370. The van der Waals surface area contributed by atoms with E-state index < -0.39 is 5.97 Å². The summed E-state index contributed by atoms with van der Waals surface area (Å²) in [5, 5.41) is 12.3. The number of nitrogens with zero attached hydrogens (tertiary/aromatic N) is 1. The second kappa shape index (κ2) is 7.90. The van der Waals surface area contributed by atoms with Crippen LogP contribution >= 0.6 is 0 Å². The molecule has 0 radical (unpaired) electrons. The van der Waals surface area contributed by atoms with Gasteiger partial charge in [0.1, 0.15) is 0 Å². The number of anilines is 1. The summed E-state index contributed by atoms with van der Waals surface area (Å²) in [5.74, 6) is -0.870. The third-order valence-corrected chi connectivity index (χ3v) is 3.61. The van der Waals surface area contributed by atoms with Gasteiger partial charge in [-0.1, -0.05) is 0 Å². The van der Waals surface area contributed by atoms with E-state index >= 15 is 0 Å². The summed E-state index contributed by atoms with van der Waals surface area (Å²) in [4.78, 5) is 13.3. The molecule has 0 atom stereocenters. The van der Waals surface area contributed by atoms with Crippen LogP contribution < -0.4 is 5.32 Å². The van der Waals surface area contributed by atoms with E-state index in [1.165, 1.54) is 0 Å². The Balaban J connectivity index is 2.32. The van der Waals surface area contributed by atoms with Gasteiger partial charge < -0.3 is 15.3 Å². The molecule has 0 saturated carbocycles. The number of carboxylic acid groups (broad SMARTS) is 1. The Morgan fingerprint density at radius 1 is 1.35 bits per heavy atom. The van der Waals surface area contributed by atoms with Crippen molar-refractivity contribution in [3.8, 4) is 0 Å². The van der Waals surface area contributed by atoms with Gasteiger partial charge in [0.15, 0.2) is 0 Å². The minimum Gasteiger partial charge on any atom is -0.478 e. The average molecular weight is 278 g/mol. The Morgan fingerprint density at radius 3 is 2.60 bits per heavy atom. The maximum absolute atomic E-state index is 10.9. The molecule has 0 aliphatic rings. The van der Waals surface area contributed by atoms with Gasteiger partial charge in [0, 0.05) is 18.3 Å². The highest BCUT2D eigenvalue weighted by Gasteiger charge is 2.07. The summed E-state index contributed by atoms with van der Waals surface area (Å²) in [6.07, 6.45) is 2.27. The standard InChI is InChI=1S/C16H26N2O2/c1-12(2)18(4)10-6-5-9-17-14-7-8-15(16(19)20)13(3)11-14/h7-8,11-12,17H,5-6,9-10H2,1-4H3,(H,19,20). The van der Waals surface area contributed by atoms with Crippen LogP contribution in [0.1, 0.15) is 42.6 Å². The van der Waals surface area contributed by atoms with Crippen molar-refractivity contribution in [1.82, 2.24) is 4.90 Å². The Bertz CT molecular complexity index is 444. The van der Waals surface area contributed by atoms with Crippen molar-refractivity contribution in [2.45, 2.75) is 39.7 Å². The Morgan fingerprint density at radius 2 is 2.05 bits per heavy atom. The summed E-state index contributed by atoms with van der Waals surface area (Å²) in [6, 6.07) is 5.97. The molecule has 4 heteroatoms. The zero-order chi connectivity index (χ0) is 15.1. The number of nitrogens with one attached hydrogen (secondary N) is 1. The van der Waals surface area contributed by atoms with Crippen LogP contribution in [-0.4, -0.2) is 42.2 Å². The van der Waals surface area contributed by atoms with E-state index in [4.69, 9.17) is 5.11 Å². The van der Waals surface area contributed by atoms with Gasteiger partial charge in [0.2, 0.25) is 0 Å². The fraction of sp³-hybridized carbons (Fsp3) is 0.562. The molecule has 1 aromatic rings. The summed E-state index contributed by atoms with van der Waals surface area (Å²) < 4.78 is 0. The molecule has 0 aromatic heterocycles. The highest BCUT2D eigenvalue weighted by molar-refractivity contribution is 5.89. The van der Waals surface area contributed by atoms with Gasteiger partial charge in [-0.3, -0.25) is 0 Å². The molecule has 0 unspecified atom stereocenters. The largest absolute Gasteiger partial charge is 0.478 e. The van der Waals surface area contributed by atoms with Crippen molar-refractivity contribution in [2.75, 3.05) is 25.5 Å². The molecule has 0 bridgehead atoms. The number of aromatic carboxylic acids is 1. The van der Waals surface area contributed by atoms with Gasteiger partial charge in [-0.2, -0.15) is 0 Å². The highest BCUT2D eigenvalue weighted by atomic mass is 16.4. The SMILES string of the molecule is Cc1cc(NCCCCN(C)C(C)C)ccc1C(=O)O. The van der Waals surface area contributed by atoms with Crippen LogP contribution in [0.15, 0.2) is 18.2 Å². The normalized spacial score (nSPS) is 11.1. The summed E-state index contributed by atoms with van der Waals surface area (Å²) >= 11 is 0. The van der Waals surface area contributed by atoms with Gasteiger partial charge in [-0.05, 0) is 71.0 Å². The lowest BCUT2D eigenvalue weighted by molar-refractivity contribution is 0.0696. The topological polar surface area (TPSA) is 52.6 Å². The fourth-order valence-corrected chi connectivity index (χ4v) is 1.99. The Kier molecular flexibility index (Phi) is 6.52. The first-order valence-electron chi connectivity index (χ1n) is 7.20. The number of aryl methyl sites for hydroxylation is 1. The molecule has 0 aliphatic carbocycles. The molecule has 0 saturated heterocycles. The van der Waals surface area contributed by atoms with Crippen LogP contribution in [0.5, 0.6) is 0 Å². The molecule has 2 N–H and O–H groups in total. The third kappa shape index (κ3) is 5.21. The van der Waals surface area contributed by atoms with E-state index in [1.54, 1.807) is 6.07 Å². The van der Waals surface area contributed by atoms with Crippen LogP contribution in [-0.2, 0) is 0 Å². The number of hydrogen-bond donors (Lipinski definition) is 2. The molecular weight excluding hydrogens is 252 g/mol. The van der Waals surface area contributed by atoms with E-state index in [1.807, 2.05) is 19.1 Å². The first kappa shape index (κ1) is 16.5. The zero-order valence-electron chi connectivity index (χ0n) is 12.9. The minimum atomic E-state index is -0.870. The van der Waals surface area contributed by atoms with Crippen molar-refractivity contribution in [3.63, 3.8) is 0 Å². The molecule has 1 rings (SSSR count). The Hall–Kier alpha value is -1.55. The van der Waals surface area contributed by atoms with Crippen molar-refractivity contribution in [2.24, 2.45) is 0 Å². The van der Waals surface area contributed by atoms with Gasteiger partial charge in [-0.25, -0.2) is 4.79 Å². The van der Waals surface area contributed by atoms with E-state index in [0.717, 1.165) is 37.2 Å². The summed E-state index contributed by atoms with van der Waals surface area (Å²) in [6.45, 7) is 8.25. The van der Waals surface area contributed by atoms with Gasteiger partial charge in [0.25, 0.3) is 0 Å². The predicted octanol–water partition coefficient (Wildman–Crippen LogP) is 3.23. The predicted molar refractivity (Wildman–Crippen MR) is 83.6 cm³/mol.